The van der Waals surface area contributed by atoms with Gasteiger partial charge in [0.05, 0.1) is 5.66 Å². The molecule has 2 N–H and O–H groups in total. The van der Waals surface area contributed by atoms with E-state index in [0.29, 0.717) is 6.42 Å². The Morgan fingerprint density at radius 3 is 2.57 bits per heavy atom. The van der Waals surface area contributed by atoms with Gasteiger partial charge in [0.15, 0.2) is 0 Å². The van der Waals surface area contributed by atoms with Crippen molar-refractivity contribution in [3.8, 4) is 0 Å². The Morgan fingerprint density at radius 1 is 1.43 bits per heavy atom. The molecule has 1 rings (SSSR count). The van der Waals surface area contributed by atoms with Gasteiger partial charge >= 0.3 is 0 Å². The zero-order chi connectivity index (χ0) is 10.8. The predicted molar refractivity (Wildman–Crippen MR) is 56.4 cm³/mol. The van der Waals surface area contributed by atoms with Crippen molar-refractivity contribution in [1.82, 2.24) is 4.90 Å². The van der Waals surface area contributed by atoms with E-state index in [-0.39, 0.29) is 5.82 Å². The smallest absolute Gasteiger partial charge is 0.123 e. The van der Waals surface area contributed by atoms with Crippen LogP contribution in [0.25, 0.3) is 0 Å². The van der Waals surface area contributed by atoms with Crippen LogP contribution >= 0.6 is 0 Å². The second-order valence-corrected chi connectivity index (χ2v) is 4.06. The first kappa shape index (κ1) is 11.1. The van der Waals surface area contributed by atoms with Crippen LogP contribution < -0.4 is 5.73 Å². The highest BCUT2D eigenvalue weighted by molar-refractivity contribution is 5.18. The van der Waals surface area contributed by atoms with Crippen LogP contribution in [0.2, 0.25) is 0 Å². The number of hydrogen-bond donors (Lipinski definition) is 1. The summed E-state index contributed by atoms with van der Waals surface area (Å²) in [5.74, 6) is -0.211. The monoisotopic (exact) mass is 196 g/mol. The fraction of sp³-hybridized carbons (Fsp3) is 0.455. The number of halogens is 1. The van der Waals surface area contributed by atoms with Crippen LogP contribution in [-0.2, 0) is 6.42 Å². The van der Waals surface area contributed by atoms with Gasteiger partial charge in [-0.2, -0.15) is 0 Å². The van der Waals surface area contributed by atoms with E-state index in [1.807, 2.05) is 32.0 Å². The summed E-state index contributed by atoms with van der Waals surface area (Å²) in [6.07, 6.45) is 0.637. The fourth-order valence-corrected chi connectivity index (χ4v) is 1.22. The van der Waals surface area contributed by atoms with E-state index in [9.17, 15) is 4.39 Å². The molecule has 0 saturated carbocycles. The first-order valence-corrected chi connectivity index (χ1v) is 4.62. The Balaban J connectivity index is 2.78. The van der Waals surface area contributed by atoms with Gasteiger partial charge in [0.2, 0.25) is 0 Å². The zero-order valence-electron chi connectivity index (χ0n) is 8.92. The SMILES string of the molecule is CN(C)C(C)(N)Cc1cccc(F)c1. The Kier molecular flexibility index (Phi) is 3.24. The summed E-state index contributed by atoms with van der Waals surface area (Å²) < 4.78 is 12.9. The number of likely N-dealkylation sites (N-methyl/N-ethyl adjacent to an activating group) is 1. The molecule has 1 atom stereocenters. The maximum atomic E-state index is 12.9. The van der Waals surface area contributed by atoms with Crippen LogP contribution in [-0.4, -0.2) is 24.7 Å². The van der Waals surface area contributed by atoms with Gasteiger partial charge in [-0.05, 0) is 38.7 Å². The molecule has 0 spiro atoms. The number of hydrogen-bond acceptors (Lipinski definition) is 2. The van der Waals surface area contributed by atoms with Crippen LogP contribution in [0.1, 0.15) is 12.5 Å². The molecule has 2 nitrogen and oxygen atoms in total. The Hall–Kier alpha value is -0.930. The van der Waals surface area contributed by atoms with E-state index in [2.05, 4.69) is 0 Å². The summed E-state index contributed by atoms with van der Waals surface area (Å²) in [7, 11) is 3.83. The summed E-state index contributed by atoms with van der Waals surface area (Å²) in [5.41, 5.74) is 6.53. The molecule has 1 aromatic carbocycles. The van der Waals surface area contributed by atoms with E-state index in [0.717, 1.165) is 5.56 Å². The Morgan fingerprint density at radius 2 is 2.07 bits per heavy atom. The molecule has 14 heavy (non-hydrogen) atoms. The molecular formula is C11H17FN2. The first-order valence-electron chi connectivity index (χ1n) is 4.62. The standard InChI is InChI=1S/C11H17FN2/c1-11(13,14(2)3)8-9-5-4-6-10(12)7-9/h4-7H,8,13H2,1-3H3. The van der Waals surface area contributed by atoms with Gasteiger partial charge < -0.3 is 5.73 Å². The maximum absolute atomic E-state index is 12.9. The highest BCUT2D eigenvalue weighted by Crippen LogP contribution is 2.13. The quantitative estimate of drug-likeness (QED) is 0.744. The van der Waals surface area contributed by atoms with Crippen LogP contribution in [0.15, 0.2) is 24.3 Å². The second-order valence-electron chi connectivity index (χ2n) is 4.06. The topological polar surface area (TPSA) is 29.3 Å². The number of rotatable bonds is 3. The molecule has 0 aliphatic heterocycles. The maximum Gasteiger partial charge on any atom is 0.123 e. The third-order valence-electron chi connectivity index (χ3n) is 2.47. The van der Waals surface area contributed by atoms with Gasteiger partial charge in [-0.15, -0.1) is 0 Å². The lowest BCUT2D eigenvalue weighted by Crippen LogP contribution is -2.51. The van der Waals surface area contributed by atoms with Crippen LogP contribution in [0.4, 0.5) is 4.39 Å². The summed E-state index contributed by atoms with van der Waals surface area (Å²) >= 11 is 0. The highest BCUT2D eigenvalue weighted by Gasteiger charge is 2.21. The Bertz CT molecular complexity index is 308. The minimum Gasteiger partial charge on any atom is -0.313 e. The molecule has 1 unspecified atom stereocenters. The lowest BCUT2D eigenvalue weighted by Gasteiger charge is -2.32. The molecule has 0 aliphatic carbocycles. The molecule has 0 radical (unpaired) electrons. The molecule has 0 fully saturated rings. The van der Waals surface area contributed by atoms with Crippen molar-refractivity contribution in [2.45, 2.75) is 19.0 Å². The molecule has 0 saturated heterocycles. The number of benzene rings is 1. The van der Waals surface area contributed by atoms with Gasteiger partial charge in [-0.1, -0.05) is 12.1 Å². The molecule has 3 heteroatoms. The molecular weight excluding hydrogens is 179 g/mol. The summed E-state index contributed by atoms with van der Waals surface area (Å²) in [4.78, 5) is 1.93. The normalized spacial score (nSPS) is 15.6. The number of nitrogens with zero attached hydrogens (tertiary/aromatic N) is 1. The lowest BCUT2D eigenvalue weighted by molar-refractivity contribution is 0.180. The summed E-state index contributed by atoms with van der Waals surface area (Å²) in [6, 6.07) is 6.55. The van der Waals surface area contributed by atoms with Gasteiger partial charge in [0.1, 0.15) is 5.82 Å². The van der Waals surface area contributed by atoms with E-state index < -0.39 is 5.66 Å². The minimum absolute atomic E-state index is 0.211. The van der Waals surface area contributed by atoms with Crippen molar-refractivity contribution < 1.29 is 4.39 Å². The van der Waals surface area contributed by atoms with Crippen molar-refractivity contribution in [3.05, 3.63) is 35.6 Å². The molecule has 1 aromatic rings. The van der Waals surface area contributed by atoms with Gasteiger partial charge in [-0.25, -0.2) is 4.39 Å². The average molecular weight is 196 g/mol. The highest BCUT2D eigenvalue weighted by atomic mass is 19.1. The zero-order valence-corrected chi connectivity index (χ0v) is 8.92. The third kappa shape index (κ3) is 2.79. The van der Waals surface area contributed by atoms with Crippen molar-refractivity contribution in [2.75, 3.05) is 14.1 Å². The average Bonchev–Trinajstić information content (AvgIpc) is 2.02. The largest absolute Gasteiger partial charge is 0.313 e. The van der Waals surface area contributed by atoms with E-state index in [1.165, 1.54) is 12.1 Å². The van der Waals surface area contributed by atoms with Gasteiger partial charge in [-0.3, -0.25) is 4.90 Å². The molecule has 0 heterocycles. The fourth-order valence-electron chi connectivity index (χ4n) is 1.22. The van der Waals surface area contributed by atoms with Gasteiger partial charge in [0.25, 0.3) is 0 Å². The number of nitrogens with two attached hydrogens (primary N) is 1. The van der Waals surface area contributed by atoms with Crippen molar-refractivity contribution in [3.63, 3.8) is 0 Å². The minimum atomic E-state index is -0.437. The van der Waals surface area contributed by atoms with Crippen LogP contribution in [0.5, 0.6) is 0 Å². The molecule has 78 valence electrons. The summed E-state index contributed by atoms with van der Waals surface area (Å²) in [5, 5.41) is 0. The summed E-state index contributed by atoms with van der Waals surface area (Å²) in [6.45, 7) is 1.93. The predicted octanol–water partition coefficient (Wildman–Crippen LogP) is 1.60. The molecule has 0 aromatic heterocycles. The van der Waals surface area contributed by atoms with Crippen LogP contribution in [0.3, 0.4) is 0 Å². The van der Waals surface area contributed by atoms with Crippen molar-refractivity contribution in [1.29, 1.82) is 0 Å². The van der Waals surface area contributed by atoms with E-state index in [4.69, 9.17) is 5.73 Å². The van der Waals surface area contributed by atoms with Crippen LogP contribution in [0, 0.1) is 5.82 Å². The van der Waals surface area contributed by atoms with Crippen molar-refractivity contribution >= 4 is 0 Å². The van der Waals surface area contributed by atoms with E-state index >= 15 is 0 Å². The molecule has 0 aliphatic rings. The molecule has 0 amide bonds. The Labute approximate surface area is 84.5 Å². The van der Waals surface area contributed by atoms with E-state index in [1.54, 1.807) is 6.07 Å². The van der Waals surface area contributed by atoms with Gasteiger partial charge in [0, 0.05) is 6.42 Å². The molecule has 0 bridgehead atoms. The third-order valence-corrected chi connectivity index (χ3v) is 2.47. The lowest BCUT2D eigenvalue weighted by atomic mass is 10.0. The van der Waals surface area contributed by atoms with Crippen molar-refractivity contribution in [2.24, 2.45) is 5.73 Å². The second kappa shape index (κ2) is 4.07. The first-order chi connectivity index (χ1) is 6.42.